The summed E-state index contributed by atoms with van der Waals surface area (Å²) >= 11 is 0.525. The maximum absolute atomic E-state index is 2.41. The van der Waals surface area contributed by atoms with Gasteiger partial charge in [0, 0.05) is 0 Å². The summed E-state index contributed by atoms with van der Waals surface area (Å²) in [5.74, 6) is 0. The Labute approximate surface area is 100 Å². The Hall–Kier alpha value is 0.730. The average Bonchev–Trinajstić information content (AvgIpc) is 2.25. The van der Waals surface area contributed by atoms with E-state index in [2.05, 4.69) is 13.8 Å². The van der Waals surface area contributed by atoms with Crippen LogP contribution in [0.1, 0.15) is 71.6 Å². The molecule has 0 nitrogen and oxygen atoms in total. The predicted octanol–water partition coefficient (Wildman–Crippen LogP) is 1.38. The molecule has 1 atom stereocenters. The summed E-state index contributed by atoms with van der Waals surface area (Å²) in [4.78, 5) is 0. The zero-order valence-corrected chi connectivity index (χ0v) is 12.1. The predicted molar refractivity (Wildman–Crippen MR) is 60.5 cm³/mol. The molecule has 1 heteroatoms. The van der Waals surface area contributed by atoms with E-state index in [-0.39, 0.29) is 0 Å². The summed E-state index contributed by atoms with van der Waals surface area (Å²) in [5.41, 5.74) is 0. The van der Waals surface area contributed by atoms with Gasteiger partial charge in [0.1, 0.15) is 0 Å². The summed E-state index contributed by atoms with van der Waals surface area (Å²) in [6.07, 6.45) is 13.6. The van der Waals surface area contributed by atoms with Crippen LogP contribution >= 0.6 is 0 Å². The second-order valence-corrected chi connectivity index (χ2v) is 8.75. The molecule has 0 amide bonds. The van der Waals surface area contributed by atoms with E-state index in [1.807, 2.05) is 0 Å². The van der Waals surface area contributed by atoms with Crippen molar-refractivity contribution >= 4 is 0 Å². The summed E-state index contributed by atoms with van der Waals surface area (Å²) in [5, 5.41) is 0. The monoisotopic (exact) mass is 309 g/mol. The van der Waals surface area contributed by atoms with E-state index in [4.69, 9.17) is 0 Å². The molecule has 0 aromatic heterocycles. The molecular weight excluding hydrogens is 283 g/mol. The van der Waals surface area contributed by atoms with E-state index in [9.17, 15) is 0 Å². The van der Waals surface area contributed by atoms with Crippen LogP contribution in [0, 0.1) is 0 Å². The molecule has 0 aromatic carbocycles. The van der Waals surface area contributed by atoms with Crippen molar-refractivity contribution in [2.45, 2.75) is 79.5 Å². The minimum absolute atomic E-state index is 0.525. The second kappa shape index (κ2) is 7.95. The van der Waals surface area contributed by atoms with Gasteiger partial charge in [-0.15, -0.1) is 0 Å². The van der Waals surface area contributed by atoms with Crippen molar-refractivity contribution < 1.29 is 21.2 Å². The third-order valence-corrected chi connectivity index (χ3v) is 7.99. The molecule has 0 aromatic rings. The van der Waals surface area contributed by atoms with Crippen LogP contribution in [-0.2, 0) is 0 Å². The zero-order valence-electron chi connectivity index (χ0n) is 9.90. The van der Waals surface area contributed by atoms with E-state index in [1.165, 1.54) is 48.9 Å². The topological polar surface area (TPSA) is 0 Å². The molecule has 0 radical (unpaired) electrons. The molecule has 1 aliphatic rings. The van der Waals surface area contributed by atoms with Gasteiger partial charge < -0.3 is 0 Å². The van der Waals surface area contributed by atoms with Gasteiger partial charge in [-0.05, 0) is 0 Å². The Morgan fingerprint density at radius 2 is 1.86 bits per heavy atom. The van der Waals surface area contributed by atoms with Gasteiger partial charge in [0.05, 0.1) is 0 Å². The van der Waals surface area contributed by atoms with Crippen LogP contribution in [0.2, 0.25) is 0 Å². The first-order valence-electron chi connectivity index (χ1n) is 6.48. The molecule has 1 aliphatic carbocycles. The molecule has 86 valence electrons. The Morgan fingerprint density at radius 3 is 2.43 bits per heavy atom. The van der Waals surface area contributed by atoms with E-state index >= 15 is 0 Å². The molecule has 0 heterocycles. The van der Waals surface area contributed by atoms with E-state index in [1.54, 1.807) is 12.8 Å². The number of rotatable bonds is 6. The van der Waals surface area contributed by atoms with Gasteiger partial charge in [0.15, 0.2) is 0 Å². The van der Waals surface area contributed by atoms with Crippen molar-refractivity contribution in [3.8, 4) is 0 Å². The van der Waals surface area contributed by atoms with Crippen molar-refractivity contribution in [3.63, 3.8) is 0 Å². The number of halogens is 1. The van der Waals surface area contributed by atoms with Gasteiger partial charge in [-0.25, -0.2) is 0 Å². The summed E-state index contributed by atoms with van der Waals surface area (Å²) in [7, 11) is 0. The first-order valence-corrected chi connectivity index (χ1v) is 8.97. The third-order valence-electron chi connectivity index (χ3n) is 3.20. The molecule has 14 heavy (non-hydrogen) atoms. The SMILES string of the molecule is CCCCC(CC)[I-]C1CCCCC1. The van der Waals surface area contributed by atoms with Crippen molar-refractivity contribution in [2.24, 2.45) is 0 Å². The number of alkyl halides is 2. The van der Waals surface area contributed by atoms with Crippen LogP contribution < -0.4 is 21.2 Å². The van der Waals surface area contributed by atoms with Crippen LogP contribution in [0.4, 0.5) is 0 Å². The Morgan fingerprint density at radius 1 is 1.14 bits per heavy atom. The molecule has 1 fully saturated rings. The van der Waals surface area contributed by atoms with Gasteiger partial charge in [-0.2, -0.15) is 0 Å². The van der Waals surface area contributed by atoms with Crippen molar-refractivity contribution in [1.29, 1.82) is 0 Å². The average molecular weight is 309 g/mol. The first-order chi connectivity index (χ1) is 6.86. The zero-order chi connectivity index (χ0) is 10.2. The van der Waals surface area contributed by atoms with Crippen molar-refractivity contribution in [3.05, 3.63) is 0 Å². The summed E-state index contributed by atoms with van der Waals surface area (Å²) in [6.45, 7) is 4.73. The molecule has 1 saturated carbocycles. The van der Waals surface area contributed by atoms with Gasteiger partial charge in [-0.1, -0.05) is 0 Å². The number of hydrogen-bond acceptors (Lipinski definition) is 0. The minimum atomic E-state index is 0.525. The molecule has 1 rings (SSSR count). The third kappa shape index (κ3) is 4.99. The fraction of sp³-hybridized carbons (Fsp3) is 1.00. The standard InChI is InChI=1S/C13H26I/c1-3-5-9-12(4-2)14-13-10-7-6-8-11-13/h12-13H,3-11H2,1-2H3/q-1. The van der Waals surface area contributed by atoms with Crippen LogP contribution in [0.5, 0.6) is 0 Å². The molecule has 0 bridgehead atoms. The summed E-state index contributed by atoms with van der Waals surface area (Å²) < 4.78 is 2.35. The second-order valence-electron chi connectivity index (χ2n) is 4.51. The first kappa shape index (κ1) is 12.8. The molecule has 0 spiro atoms. The summed E-state index contributed by atoms with van der Waals surface area (Å²) in [6, 6.07) is 0. The normalized spacial score (nSPS) is 21.3. The van der Waals surface area contributed by atoms with Gasteiger partial charge in [0.25, 0.3) is 0 Å². The Bertz CT molecular complexity index is 127. The van der Waals surface area contributed by atoms with Crippen LogP contribution in [0.15, 0.2) is 0 Å². The fourth-order valence-corrected chi connectivity index (χ4v) is 6.56. The maximum atomic E-state index is 2.41. The van der Waals surface area contributed by atoms with E-state index < -0.39 is 0 Å². The van der Waals surface area contributed by atoms with Crippen molar-refractivity contribution in [1.82, 2.24) is 0 Å². The Kier molecular flexibility index (Phi) is 7.27. The number of hydrogen-bond donors (Lipinski definition) is 0. The number of unbranched alkanes of at least 4 members (excludes halogenated alkanes) is 1. The van der Waals surface area contributed by atoms with E-state index in [0.29, 0.717) is 21.2 Å². The van der Waals surface area contributed by atoms with Crippen LogP contribution in [0.25, 0.3) is 0 Å². The Balaban J connectivity index is 2.16. The van der Waals surface area contributed by atoms with Gasteiger partial charge in [0.2, 0.25) is 0 Å². The van der Waals surface area contributed by atoms with Gasteiger partial charge in [-0.3, -0.25) is 0 Å². The van der Waals surface area contributed by atoms with Gasteiger partial charge >= 0.3 is 101 Å². The molecule has 0 saturated heterocycles. The van der Waals surface area contributed by atoms with Crippen LogP contribution in [0.3, 0.4) is 0 Å². The molecule has 0 aliphatic heterocycles. The van der Waals surface area contributed by atoms with Crippen LogP contribution in [-0.4, -0.2) is 7.85 Å². The molecule has 0 N–H and O–H groups in total. The van der Waals surface area contributed by atoms with Crippen molar-refractivity contribution in [2.75, 3.05) is 0 Å². The molecular formula is C13H26I-. The fourth-order valence-electron chi connectivity index (χ4n) is 2.21. The van der Waals surface area contributed by atoms with E-state index in [0.717, 1.165) is 3.92 Å². The quantitative estimate of drug-likeness (QED) is 0.514. The molecule has 1 unspecified atom stereocenters.